The molecular formula is C17H31N3O2. The van der Waals surface area contributed by atoms with Crippen LogP contribution in [0.1, 0.15) is 46.5 Å². The van der Waals surface area contributed by atoms with Gasteiger partial charge in [-0.3, -0.25) is 4.90 Å². The van der Waals surface area contributed by atoms with Gasteiger partial charge in [-0.25, -0.2) is 4.79 Å². The number of nitrogens with zero attached hydrogens (tertiary/aromatic N) is 2. The van der Waals surface area contributed by atoms with E-state index >= 15 is 0 Å². The molecule has 1 N–H and O–H groups in total. The van der Waals surface area contributed by atoms with Crippen LogP contribution in [0.25, 0.3) is 0 Å². The highest BCUT2D eigenvalue weighted by Crippen LogP contribution is 2.32. The van der Waals surface area contributed by atoms with Gasteiger partial charge in [-0.15, -0.1) is 0 Å². The van der Waals surface area contributed by atoms with Crippen LogP contribution < -0.4 is 5.32 Å². The highest BCUT2D eigenvalue weighted by atomic mass is 16.6. The molecular weight excluding hydrogens is 278 g/mol. The Morgan fingerprint density at radius 2 is 1.68 bits per heavy atom. The molecule has 3 saturated heterocycles. The number of nitrogens with one attached hydrogen (secondary N) is 1. The van der Waals surface area contributed by atoms with Crippen LogP contribution in [-0.2, 0) is 4.74 Å². The molecule has 3 rings (SSSR count). The molecule has 3 fully saturated rings. The van der Waals surface area contributed by atoms with Crippen LogP contribution in [0.3, 0.4) is 0 Å². The van der Waals surface area contributed by atoms with Gasteiger partial charge in [0.05, 0.1) is 0 Å². The third-order valence-electron chi connectivity index (χ3n) is 5.21. The zero-order chi connectivity index (χ0) is 15.7. The van der Waals surface area contributed by atoms with Crippen molar-refractivity contribution in [3.05, 3.63) is 0 Å². The lowest BCUT2D eigenvalue weighted by molar-refractivity contribution is -0.00214. The number of amides is 1. The Hall–Kier alpha value is -0.810. The van der Waals surface area contributed by atoms with Crippen molar-refractivity contribution in [3.8, 4) is 0 Å². The first-order valence-corrected chi connectivity index (χ1v) is 8.87. The highest BCUT2D eigenvalue weighted by Gasteiger charge is 2.42. The van der Waals surface area contributed by atoms with Crippen LogP contribution in [-0.4, -0.2) is 66.3 Å². The normalized spacial score (nSPS) is 30.6. The van der Waals surface area contributed by atoms with Crippen molar-refractivity contribution in [2.24, 2.45) is 5.92 Å². The molecule has 126 valence electrons. The first-order chi connectivity index (χ1) is 10.4. The average molecular weight is 309 g/mol. The minimum atomic E-state index is -0.400. The molecule has 3 aliphatic rings. The van der Waals surface area contributed by atoms with Crippen LogP contribution in [0.15, 0.2) is 0 Å². The lowest BCUT2D eigenvalue weighted by atomic mass is 9.96. The number of carbonyl (C=O) groups is 1. The average Bonchev–Trinajstić information content (AvgIpc) is 2.69. The van der Waals surface area contributed by atoms with Gasteiger partial charge in [0.25, 0.3) is 0 Å². The summed E-state index contributed by atoms with van der Waals surface area (Å²) in [6.07, 6.45) is 4.92. The largest absolute Gasteiger partial charge is 0.444 e. The maximum absolute atomic E-state index is 12.3. The summed E-state index contributed by atoms with van der Waals surface area (Å²) in [5.41, 5.74) is -0.400. The van der Waals surface area contributed by atoms with E-state index in [1.807, 2.05) is 25.7 Å². The molecule has 1 amide bonds. The molecule has 22 heavy (non-hydrogen) atoms. The lowest BCUT2D eigenvalue weighted by Gasteiger charge is -2.43. The maximum atomic E-state index is 12.3. The van der Waals surface area contributed by atoms with Gasteiger partial charge in [-0.1, -0.05) is 0 Å². The number of hydrogen-bond acceptors (Lipinski definition) is 4. The van der Waals surface area contributed by atoms with Gasteiger partial charge in [0.15, 0.2) is 0 Å². The van der Waals surface area contributed by atoms with Crippen LogP contribution >= 0.6 is 0 Å². The molecule has 2 unspecified atom stereocenters. The second-order valence-electron chi connectivity index (χ2n) is 8.16. The fourth-order valence-corrected chi connectivity index (χ4v) is 4.13. The van der Waals surface area contributed by atoms with E-state index in [0.29, 0.717) is 12.1 Å². The van der Waals surface area contributed by atoms with E-state index in [4.69, 9.17) is 4.74 Å². The summed E-state index contributed by atoms with van der Waals surface area (Å²) < 4.78 is 5.55. The number of carbonyl (C=O) groups excluding carboxylic acids is 1. The first kappa shape index (κ1) is 16.1. The van der Waals surface area contributed by atoms with E-state index in [2.05, 4.69) is 10.2 Å². The number of piperazine rings is 1. The molecule has 0 radical (unpaired) electrons. The van der Waals surface area contributed by atoms with Gasteiger partial charge < -0.3 is 15.0 Å². The van der Waals surface area contributed by atoms with Crippen molar-refractivity contribution in [1.29, 1.82) is 0 Å². The quantitative estimate of drug-likeness (QED) is 0.848. The molecule has 0 aromatic carbocycles. The van der Waals surface area contributed by atoms with Crippen molar-refractivity contribution in [3.63, 3.8) is 0 Å². The second kappa shape index (κ2) is 6.36. The summed E-state index contributed by atoms with van der Waals surface area (Å²) in [5, 5.41) is 3.45. The Bertz CT molecular complexity index is 387. The van der Waals surface area contributed by atoms with E-state index in [0.717, 1.165) is 32.1 Å². The van der Waals surface area contributed by atoms with E-state index in [1.165, 1.54) is 32.2 Å². The Labute approximate surface area is 134 Å². The molecule has 2 bridgehead atoms. The van der Waals surface area contributed by atoms with Crippen molar-refractivity contribution < 1.29 is 9.53 Å². The molecule has 3 heterocycles. The molecule has 3 aliphatic heterocycles. The number of fused-ring (bicyclic) bond motifs is 2. The molecule has 5 nitrogen and oxygen atoms in total. The van der Waals surface area contributed by atoms with Crippen LogP contribution in [0.4, 0.5) is 4.79 Å². The molecule has 0 spiro atoms. The molecule has 2 atom stereocenters. The van der Waals surface area contributed by atoms with Gasteiger partial charge in [-0.2, -0.15) is 0 Å². The van der Waals surface area contributed by atoms with Gasteiger partial charge in [0.1, 0.15) is 5.60 Å². The summed E-state index contributed by atoms with van der Waals surface area (Å²) in [6, 6.07) is 1.09. The molecule has 0 aromatic rings. The Morgan fingerprint density at radius 3 is 2.23 bits per heavy atom. The molecule has 0 aliphatic carbocycles. The van der Waals surface area contributed by atoms with Crippen molar-refractivity contribution in [2.45, 2.75) is 64.1 Å². The zero-order valence-corrected chi connectivity index (χ0v) is 14.3. The minimum absolute atomic E-state index is 0.133. The van der Waals surface area contributed by atoms with Crippen molar-refractivity contribution in [1.82, 2.24) is 15.1 Å². The number of hydrogen-bond donors (Lipinski definition) is 1. The third kappa shape index (κ3) is 3.74. The number of rotatable bonds is 2. The summed E-state index contributed by atoms with van der Waals surface area (Å²) in [4.78, 5) is 16.9. The minimum Gasteiger partial charge on any atom is -0.444 e. The predicted molar refractivity (Wildman–Crippen MR) is 86.9 cm³/mol. The van der Waals surface area contributed by atoms with Gasteiger partial charge in [0.2, 0.25) is 0 Å². The van der Waals surface area contributed by atoms with Gasteiger partial charge in [0, 0.05) is 31.7 Å². The summed E-state index contributed by atoms with van der Waals surface area (Å²) in [6.45, 7) is 11.0. The highest BCUT2D eigenvalue weighted by molar-refractivity contribution is 5.68. The lowest BCUT2D eigenvalue weighted by Crippen LogP contribution is -2.57. The summed E-state index contributed by atoms with van der Waals surface area (Å²) >= 11 is 0. The summed E-state index contributed by atoms with van der Waals surface area (Å²) in [7, 11) is 0. The van der Waals surface area contributed by atoms with Crippen molar-refractivity contribution in [2.75, 3.05) is 32.7 Å². The number of likely N-dealkylation sites (tertiary alicyclic amines) is 1. The zero-order valence-electron chi connectivity index (χ0n) is 14.3. The fourth-order valence-electron chi connectivity index (χ4n) is 4.13. The van der Waals surface area contributed by atoms with Crippen molar-refractivity contribution >= 4 is 6.09 Å². The SMILES string of the molecule is CC(C)(C)OC(=O)N1CC2CCC(C1)N2CC1CCNCC1. The Morgan fingerprint density at radius 1 is 1.09 bits per heavy atom. The second-order valence-corrected chi connectivity index (χ2v) is 8.16. The number of piperidine rings is 1. The van der Waals surface area contributed by atoms with Gasteiger partial charge in [-0.05, 0) is 65.5 Å². The third-order valence-corrected chi connectivity index (χ3v) is 5.21. The van der Waals surface area contributed by atoms with Crippen LogP contribution in [0.2, 0.25) is 0 Å². The topological polar surface area (TPSA) is 44.8 Å². The Kier molecular flexibility index (Phi) is 4.64. The summed E-state index contributed by atoms with van der Waals surface area (Å²) in [5.74, 6) is 0.831. The van der Waals surface area contributed by atoms with E-state index in [9.17, 15) is 4.79 Å². The maximum Gasteiger partial charge on any atom is 0.410 e. The van der Waals surface area contributed by atoms with E-state index < -0.39 is 5.60 Å². The van der Waals surface area contributed by atoms with Gasteiger partial charge >= 0.3 is 6.09 Å². The predicted octanol–water partition coefficient (Wildman–Crippen LogP) is 2.07. The first-order valence-electron chi connectivity index (χ1n) is 8.87. The molecule has 0 aromatic heterocycles. The fraction of sp³-hybridized carbons (Fsp3) is 0.941. The monoisotopic (exact) mass is 309 g/mol. The van der Waals surface area contributed by atoms with Crippen LogP contribution in [0, 0.1) is 5.92 Å². The van der Waals surface area contributed by atoms with Crippen LogP contribution in [0.5, 0.6) is 0 Å². The number of ether oxygens (including phenoxy) is 1. The molecule has 0 saturated carbocycles. The Balaban J connectivity index is 1.55. The standard InChI is InChI=1S/C17H31N3O2/c1-17(2,3)22-16(21)19-11-14-4-5-15(12-19)20(14)10-13-6-8-18-9-7-13/h13-15,18H,4-12H2,1-3H3. The van der Waals surface area contributed by atoms with E-state index in [-0.39, 0.29) is 6.09 Å². The van der Waals surface area contributed by atoms with E-state index in [1.54, 1.807) is 0 Å². The smallest absolute Gasteiger partial charge is 0.410 e. The molecule has 5 heteroatoms.